The van der Waals surface area contributed by atoms with E-state index in [1.165, 1.54) is 17.9 Å². The number of Topliss-reactive ketones (excluding diaryl/α,β-unsaturated/α-hetero) is 1. The van der Waals surface area contributed by atoms with Gasteiger partial charge in [-0.05, 0) is 46.2 Å². The molecule has 0 aliphatic heterocycles. The molecule has 1 aromatic rings. The first kappa shape index (κ1) is 21.2. The number of amides is 1. The molecule has 0 radical (unpaired) electrons. The first-order valence-electron chi connectivity index (χ1n) is 8.08. The second kappa shape index (κ2) is 7.99. The van der Waals surface area contributed by atoms with Crippen molar-refractivity contribution < 1.29 is 27.9 Å². The SMILES string of the molecule is CC(=O)C[C@H](O)c1cccc(C(F)(F)F)c1C(=O)N(C(C)C)C(C)C. The number of hydrogen-bond donors (Lipinski definition) is 1. The molecular weight excluding hydrogens is 335 g/mol. The van der Waals surface area contributed by atoms with Crippen LogP contribution in [0.2, 0.25) is 0 Å². The van der Waals surface area contributed by atoms with Gasteiger partial charge < -0.3 is 10.0 Å². The predicted octanol–water partition coefficient (Wildman–Crippen LogP) is 3.98. The Bertz CT molecular complexity index is 631. The zero-order valence-corrected chi connectivity index (χ0v) is 15.0. The molecule has 0 saturated heterocycles. The molecule has 25 heavy (non-hydrogen) atoms. The molecule has 1 amide bonds. The summed E-state index contributed by atoms with van der Waals surface area (Å²) < 4.78 is 40.4. The molecule has 1 aromatic carbocycles. The number of alkyl halides is 3. The van der Waals surface area contributed by atoms with Crippen molar-refractivity contribution in [3.63, 3.8) is 0 Å². The van der Waals surface area contributed by atoms with Crippen LogP contribution in [0.4, 0.5) is 13.2 Å². The molecule has 140 valence electrons. The third-order valence-corrected chi connectivity index (χ3v) is 3.80. The van der Waals surface area contributed by atoms with Gasteiger partial charge in [-0.25, -0.2) is 0 Å². The molecule has 0 heterocycles. The molecule has 1 N–H and O–H groups in total. The average molecular weight is 359 g/mol. The fourth-order valence-electron chi connectivity index (χ4n) is 2.90. The van der Waals surface area contributed by atoms with Gasteiger partial charge in [-0.2, -0.15) is 13.2 Å². The van der Waals surface area contributed by atoms with E-state index >= 15 is 0 Å². The largest absolute Gasteiger partial charge is 0.417 e. The summed E-state index contributed by atoms with van der Waals surface area (Å²) in [4.78, 5) is 25.5. The number of benzene rings is 1. The maximum absolute atomic E-state index is 13.5. The quantitative estimate of drug-likeness (QED) is 0.836. The molecule has 0 aliphatic rings. The third kappa shape index (κ3) is 5.04. The number of aliphatic hydroxyl groups excluding tert-OH is 1. The molecule has 0 fully saturated rings. The van der Waals surface area contributed by atoms with E-state index in [0.717, 1.165) is 12.1 Å². The highest BCUT2D eigenvalue weighted by Gasteiger charge is 2.39. The van der Waals surface area contributed by atoms with Crippen molar-refractivity contribution in [2.45, 2.75) is 65.4 Å². The Balaban J connectivity index is 3.62. The van der Waals surface area contributed by atoms with E-state index in [2.05, 4.69) is 0 Å². The van der Waals surface area contributed by atoms with Gasteiger partial charge in [0.2, 0.25) is 0 Å². The highest BCUT2D eigenvalue weighted by molar-refractivity contribution is 5.98. The Morgan fingerprint density at radius 2 is 1.64 bits per heavy atom. The molecule has 1 atom stereocenters. The summed E-state index contributed by atoms with van der Waals surface area (Å²) in [5.41, 5.74) is -1.88. The predicted molar refractivity (Wildman–Crippen MR) is 88.1 cm³/mol. The lowest BCUT2D eigenvalue weighted by Gasteiger charge is -2.33. The highest BCUT2D eigenvalue weighted by Crippen LogP contribution is 2.36. The molecule has 1 rings (SSSR count). The van der Waals surface area contributed by atoms with Crippen molar-refractivity contribution in [3.05, 3.63) is 34.9 Å². The van der Waals surface area contributed by atoms with Gasteiger partial charge in [-0.1, -0.05) is 12.1 Å². The van der Waals surface area contributed by atoms with Crippen LogP contribution in [-0.2, 0) is 11.0 Å². The topological polar surface area (TPSA) is 57.6 Å². The van der Waals surface area contributed by atoms with Crippen molar-refractivity contribution in [3.8, 4) is 0 Å². The summed E-state index contributed by atoms with van der Waals surface area (Å²) in [6.07, 6.45) is -6.58. The number of nitrogens with zero attached hydrogens (tertiary/aromatic N) is 1. The summed E-state index contributed by atoms with van der Waals surface area (Å²) in [5.74, 6) is -1.19. The van der Waals surface area contributed by atoms with E-state index in [0.29, 0.717) is 0 Å². The average Bonchev–Trinajstić information content (AvgIpc) is 2.43. The van der Waals surface area contributed by atoms with Crippen LogP contribution in [0, 0.1) is 0 Å². The summed E-state index contributed by atoms with van der Waals surface area (Å²) in [5, 5.41) is 10.2. The number of ketones is 1. The molecule has 0 unspecified atom stereocenters. The van der Waals surface area contributed by atoms with Gasteiger partial charge in [-0.3, -0.25) is 9.59 Å². The zero-order chi connectivity index (χ0) is 19.5. The Morgan fingerprint density at radius 3 is 2.04 bits per heavy atom. The van der Waals surface area contributed by atoms with E-state index < -0.39 is 29.3 Å². The lowest BCUT2D eigenvalue weighted by atomic mass is 9.93. The summed E-state index contributed by atoms with van der Waals surface area (Å²) in [7, 11) is 0. The van der Waals surface area contributed by atoms with Crippen LogP contribution < -0.4 is 0 Å². The van der Waals surface area contributed by atoms with Crippen molar-refractivity contribution in [2.24, 2.45) is 0 Å². The van der Waals surface area contributed by atoms with Gasteiger partial charge in [0.1, 0.15) is 5.78 Å². The van der Waals surface area contributed by atoms with Crippen molar-refractivity contribution in [1.82, 2.24) is 4.90 Å². The van der Waals surface area contributed by atoms with Crippen LogP contribution in [0.1, 0.15) is 68.6 Å². The van der Waals surface area contributed by atoms with Crippen LogP contribution >= 0.6 is 0 Å². The summed E-state index contributed by atoms with van der Waals surface area (Å²) in [6.45, 7) is 8.06. The normalized spacial score (nSPS) is 13.2. The summed E-state index contributed by atoms with van der Waals surface area (Å²) >= 11 is 0. The third-order valence-electron chi connectivity index (χ3n) is 3.80. The minimum Gasteiger partial charge on any atom is -0.388 e. The Labute approximate surface area is 145 Å². The molecule has 0 aliphatic carbocycles. The van der Waals surface area contributed by atoms with Crippen LogP contribution in [-0.4, -0.2) is 33.8 Å². The van der Waals surface area contributed by atoms with Gasteiger partial charge in [0, 0.05) is 18.5 Å². The van der Waals surface area contributed by atoms with Crippen molar-refractivity contribution in [1.29, 1.82) is 0 Å². The lowest BCUT2D eigenvalue weighted by Crippen LogP contribution is -2.43. The van der Waals surface area contributed by atoms with Gasteiger partial charge in [-0.15, -0.1) is 0 Å². The minimum absolute atomic E-state index is 0.179. The van der Waals surface area contributed by atoms with Crippen LogP contribution in [0.5, 0.6) is 0 Å². The first-order valence-corrected chi connectivity index (χ1v) is 8.08. The number of carbonyl (C=O) groups excluding carboxylic acids is 2. The number of carbonyl (C=O) groups is 2. The standard InChI is InChI=1S/C18H24F3NO3/c1-10(2)22(11(3)4)17(25)16-13(15(24)9-12(5)23)7-6-8-14(16)18(19,20)21/h6-8,10-11,15,24H,9H2,1-5H3/t15-/m0/s1. The Kier molecular flexibility index (Phi) is 6.76. The van der Waals surface area contributed by atoms with E-state index in [1.807, 2.05) is 0 Å². The Hall–Kier alpha value is -1.89. The number of halogens is 3. The van der Waals surface area contributed by atoms with Crippen LogP contribution in [0.3, 0.4) is 0 Å². The van der Waals surface area contributed by atoms with Crippen molar-refractivity contribution >= 4 is 11.7 Å². The second-order valence-corrected chi connectivity index (χ2v) is 6.59. The van der Waals surface area contributed by atoms with Gasteiger partial charge in [0.25, 0.3) is 5.91 Å². The van der Waals surface area contributed by atoms with E-state index in [9.17, 15) is 27.9 Å². The molecule has 0 spiro atoms. The molecular formula is C18H24F3NO3. The smallest absolute Gasteiger partial charge is 0.388 e. The zero-order valence-electron chi connectivity index (χ0n) is 15.0. The lowest BCUT2D eigenvalue weighted by molar-refractivity contribution is -0.138. The molecule has 4 nitrogen and oxygen atoms in total. The summed E-state index contributed by atoms with van der Waals surface area (Å²) in [6, 6.07) is 2.55. The molecule has 7 heteroatoms. The van der Waals surface area contributed by atoms with Crippen molar-refractivity contribution in [2.75, 3.05) is 0 Å². The number of hydrogen-bond acceptors (Lipinski definition) is 3. The first-order chi connectivity index (χ1) is 11.4. The Morgan fingerprint density at radius 1 is 1.12 bits per heavy atom. The number of rotatable bonds is 6. The van der Waals surface area contributed by atoms with Gasteiger partial charge >= 0.3 is 6.18 Å². The van der Waals surface area contributed by atoms with Gasteiger partial charge in [0.05, 0.1) is 17.2 Å². The van der Waals surface area contributed by atoms with E-state index in [1.54, 1.807) is 27.7 Å². The fourth-order valence-corrected chi connectivity index (χ4v) is 2.90. The second-order valence-electron chi connectivity index (χ2n) is 6.59. The molecule has 0 aromatic heterocycles. The van der Waals surface area contributed by atoms with Gasteiger partial charge in [0.15, 0.2) is 0 Å². The minimum atomic E-state index is -4.75. The van der Waals surface area contributed by atoms with Crippen LogP contribution in [0.15, 0.2) is 18.2 Å². The monoisotopic (exact) mass is 359 g/mol. The van der Waals surface area contributed by atoms with E-state index in [4.69, 9.17) is 0 Å². The maximum Gasteiger partial charge on any atom is 0.417 e. The molecule has 0 saturated carbocycles. The molecule has 0 bridgehead atoms. The van der Waals surface area contributed by atoms with Crippen LogP contribution in [0.25, 0.3) is 0 Å². The van der Waals surface area contributed by atoms with E-state index in [-0.39, 0.29) is 29.9 Å². The maximum atomic E-state index is 13.5. The highest BCUT2D eigenvalue weighted by atomic mass is 19.4. The number of aliphatic hydroxyl groups is 1. The fraction of sp³-hybridized carbons (Fsp3) is 0.556.